The average Bonchev–Trinajstić information content (AvgIpc) is 3.44. The highest BCUT2D eigenvalue weighted by molar-refractivity contribution is 7.89. The van der Waals surface area contributed by atoms with E-state index in [0.29, 0.717) is 45.0 Å². The number of piperazine rings is 1. The molecule has 1 saturated carbocycles. The lowest BCUT2D eigenvalue weighted by Gasteiger charge is -2.36. The number of rotatable bonds is 4. The molecular formula is C21H32N4O4S. The van der Waals surface area contributed by atoms with E-state index in [1.54, 1.807) is 16.5 Å². The lowest BCUT2D eigenvalue weighted by molar-refractivity contribution is -0.136. The van der Waals surface area contributed by atoms with Crippen LogP contribution in [0.1, 0.15) is 55.4 Å². The van der Waals surface area contributed by atoms with Crippen LogP contribution in [-0.2, 0) is 21.9 Å². The summed E-state index contributed by atoms with van der Waals surface area (Å²) >= 11 is 0. The summed E-state index contributed by atoms with van der Waals surface area (Å²) in [5, 5.41) is 0. The zero-order chi connectivity index (χ0) is 21.3. The van der Waals surface area contributed by atoms with Gasteiger partial charge in [-0.05, 0) is 31.7 Å². The molecule has 0 bridgehead atoms. The molecule has 0 N–H and O–H groups in total. The van der Waals surface area contributed by atoms with E-state index in [9.17, 15) is 18.0 Å². The van der Waals surface area contributed by atoms with Crippen LogP contribution in [0.15, 0.2) is 17.2 Å². The molecule has 166 valence electrons. The van der Waals surface area contributed by atoms with Crippen molar-refractivity contribution in [3.8, 4) is 0 Å². The largest absolute Gasteiger partial charge is 0.345 e. The van der Waals surface area contributed by atoms with Crippen molar-refractivity contribution in [3.63, 3.8) is 0 Å². The van der Waals surface area contributed by atoms with E-state index in [4.69, 9.17) is 0 Å². The molecule has 3 fully saturated rings. The van der Waals surface area contributed by atoms with Crippen molar-refractivity contribution in [2.45, 2.75) is 49.8 Å². The van der Waals surface area contributed by atoms with Crippen LogP contribution in [0.5, 0.6) is 0 Å². The van der Waals surface area contributed by atoms with Gasteiger partial charge in [0.1, 0.15) is 10.6 Å². The Kier molecular flexibility index (Phi) is 6.20. The first-order valence-corrected chi connectivity index (χ1v) is 12.6. The molecular weight excluding hydrogens is 404 g/mol. The molecule has 2 aliphatic heterocycles. The van der Waals surface area contributed by atoms with Crippen molar-refractivity contribution >= 4 is 21.8 Å². The summed E-state index contributed by atoms with van der Waals surface area (Å²) < 4.78 is 29.0. The Morgan fingerprint density at radius 2 is 1.47 bits per heavy atom. The number of aromatic nitrogens is 1. The van der Waals surface area contributed by atoms with Crippen LogP contribution >= 0.6 is 0 Å². The van der Waals surface area contributed by atoms with Gasteiger partial charge in [0, 0.05) is 58.4 Å². The summed E-state index contributed by atoms with van der Waals surface area (Å²) in [6.45, 7) is 3.14. The van der Waals surface area contributed by atoms with Crippen LogP contribution in [0, 0.1) is 5.92 Å². The lowest BCUT2D eigenvalue weighted by atomic mass is 10.1. The number of aryl methyl sites for hydroxylation is 1. The number of carbonyl (C=O) groups is 2. The summed E-state index contributed by atoms with van der Waals surface area (Å²) in [6.07, 6.45) is 8.57. The summed E-state index contributed by atoms with van der Waals surface area (Å²) in [6, 6.07) is 1.50. The molecule has 4 rings (SSSR count). The van der Waals surface area contributed by atoms with Gasteiger partial charge in [0.05, 0.1) is 0 Å². The van der Waals surface area contributed by atoms with Gasteiger partial charge in [0.25, 0.3) is 5.91 Å². The van der Waals surface area contributed by atoms with Gasteiger partial charge in [0.2, 0.25) is 15.9 Å². The zero-order valence-corrected chi connectivity index (χ0v) is 18.6. The highest BCUT2D eigenvalue weighted by atomic mass is 32.2. The van der Waals surface area contributed by atoms with Gasteiger partial charge in [-0.3, -0.25) is 9.59 Å². The Hall–Kier alpha value is -1.87. The van der Waals surface area contributed by atoms with E-state index in [-0.39, 0.29) is 22.6 Å². The van der Waals surface area contributed by atoms with Gasteiger partial charge in [-0.15, -0.1) is 0 Å². The first-order valence-electron chi connectivity index (χ1n) is 11.1. The molecule has 2 saturated heterocycles. The SMILES string of the molecule is Cn1cc(S(=O)(=O)N2CCCCC2)cc1C(=O)N1CCN(C(=O)C2CCCC2)CC1. The smallest absolute Gasteiger partial charge is 0.270 e. The third-order valence-corrected chi connectivity index (χ3v) is 8.60. The summed E-state index contributed by atoms with van der Waals surface area (Å²) in [5.74, 6) is 0.210. The van der Waals surface area contributed by atoms with Gasteiger partial charge < -0.3 is 14.4 Å². The highest BCUT2D eigenvalue weighted by Crippen LogP contribution is 2.27. The van der Waals surface area contributed by atoms with Crippen molar-refractivity contribution in [1.82, 2.24) is 18.7 Å². The predicted molar refractivity (Wildman–Crippen MR) is 112 cm³/mol. The Balaban J connectivity index is 1.41. The van der Waals surface area contributed by atoms with Crippen LogP contribution in [0.4, 0.5) is 0 Å². The fourth-order valence-corrected chi connectivity index (χ4v) is 6.45. The van der Waals surface area contributed by atoms with Gasteiger partial charge >= 0.3 is 0 Å². The summed E-state index contributed by atoms with van der Waals surface area (Å²) in [5.41, 5.74) is 0.376. The number of hydrogen-bond acceptors (Lipinski definition) is 4. The molecule has 3 heterocycles. The number of amides is 2. The highest BCUT2D eigenvalue weighted by Gasteiger charge is 2.33. The molecule has 1 aromatic heterocycles. The average molecular weight is 437 g/mol. The van der Waals surface area contributed by atoms with Crippen molar-refractivity contribution in [3.05, 3.63) is 18.0 Å². The third-order valence-electron chi connectivity index (χ3n) is 6.73. The second-order valence-electron chi connectivity index (χ2n) is 8.74. The third kappa shape index (κ3) is 4.14. The molecule has 1 aliphatic carbocycles. The minimum absolute atomic E-state index is 0.155. The van der Waals surface area contributed by atoms with E-state index in [1.807, 2.05) is 4.90 Å². The zero-order valence-electron chi connectivity index (χ0n) is 17.8. The van der Waals surface area contributed by atoms with Crippen LogP contribution in [-0.4, -0.2) is 78.2 Å². The maximum atomic E-state index is 13.1. The molecule has 9 heteroatoms. The van der Waals surface area contributed by atoms with Crippen molar-refractivity contribution in [1.29, 1.82) is 0 Å². The molecule has 0 aromatic carbocycles. The molecule has 0 unspecified atom stereocenters. The maximum Gasteiger partial charge on any atom is 0.270 e. The lowest BCUT2D eigenvalue weighted by Crippen LogP contribution is -2.52. The van der Waals surface area contributed by atoms with Crippen molar-refractivity contribution in [2.24, 2.45) is 13.0 Å². The Labute approximate surface area is 178 Å². The van der Waals surface area contributed by atoms with Crippen LogP contribution in [0.3, 0.4) is 0 Å². The fraction of sp³-hybridized carbons (Fsp3) is 0.714. The summed E-state index contributed by atoms with van der Waals surface area (Å²) in [4.78, 5) is 29.5. The second kappa shape index (κ2) is 8.70. The summed E-state index contributed by atoms with van der Waals surface area (Å²) in [7, 11) is -1.86. The minimum Gasteiger partial charge on any atom is -0.345 e. The number of sulfonamides is 1. The second-order valence-corrected chi connectivity index (χ2v) is 10.7. The normalized spacial score (nSPS) is 21.9. The topological polar surface area (TPSA) is 82.9 Å². The fourth-order valence-electron chi connectivity index (χ4n) is 4.87. The first-order chi connectivity index (χ1) is 14.4. The maximum absolute atomic E-state index is 13.1. The minimum atomic E-state index is -3.57. The van der Waals surface area contributed by atoms with Crippen LogP contribution in [0.2, 0.25) is 0 Å². The molecule has 30 heavy (non-hydrogen) atoms. The molecule has 1 aromatic rings. The van der Waals surface area contributed by atoms with E-state index >= 15 is 0 Å². The van der Waals surface area contributed by atoms with Gasteiger partial charge in [-0.25, -0.2) is 8.42 Å². The van der Waals surface area contributed by atoms with Crippen LogP contribution < -0.4 is 0 Å². The van der Waals surface area contributed by atoms with E-state index < -0.39 is 10.0 Å². The molecule has 8 nitrogen and oxygen atoms in total. The predicted octanol–water partition coefficient (Wildman–Crippen LogP) is 1.67. The van der Waals surface area contributed by atoms with Crippen molar-refractivity contribution < 1.29 is 18.0 Å². The van der Waals surface area contributed by atoms with Gasteiger partial charge in [0.15, 0.2) is 0 Å². The Bertz CT molecular complexity index is 890. The van der Waals surface area contributed by atoms with Gasteiger partial charge in [-0.2, -0.15) is 4.31 Å². The molecule has 0 spiro atoms. The number of nitrogens with zero attached hydrogens (tertiary/aromatic N) is 4. The number of hydrogen-bond donors (Lipinski definition) is 0. The van der Waals surface area contributed by atoms with E-state index in [0.717, 1.165) is 44.9 Å². The molecule has 2 amide bonds. The Morgan fingerprint density at radius 3 is 2.10 bits per heavy atom. The molecule has 0 radical (unpaired) electrons. The van der Waals surface area contributed by atoms with E-state index in [1.165, 1.54) is 16.6 Å². The Morgan fingerprint density at radius 1 is 0.867 bits per heavy atom. The number of carbonyl (C=O) groups excluding carboxylic acids is 2. The molecule has 3 aliphatic rings. The standard InChI is InChI=1S/C21H32N4O4S/c1-22-16-18(30(28,29)25-9-5-2-6-10-25)15-19(22)21(27)24-13-11-23(12-14-24)20(26)17-7-3-4-8-17/h15-17H,2-14H2,1H3. The van der Waals surface area contributed by atoms with E-state index in [2.05, 4.69) is 0 Å². The van der Waals surface area contributed by atoms with Crippen molar-refractivity contribution in [2.75, 3.05) is 39.3 Å². The quantitative estimate of drug-likeness (QED) is 0.719. The monoisotopic (exact) mass is 436 g/mol. The number of piperidine rings is 1. The van der Waals surface area contributed by atoms with Crippen LogP contribution in [0.25, 0.3) is 0 Å². The molecule has 0 atom stereocenters. The van der Waals surface area contributed by atoms with Gasteiger partial charge in [-0.1, -0.05) is 19.3 Å². The first kappa shape index (κ1) is 21.4.